The predicted octanol–water partition coefficient (Wildman–Crippen LogP) is -6.20. The van der Waals surface area contributed by atoms with Gasteiger partial charge in [0.15, 0.2) is 0 Å². The van der Waals surface area contributed by atoms with Gasteiger partial charge in [-0.2, -0.15) is 0 Å². The van der Waals surface area contributed by atoms with Gasteiger partial charge in [0, 0.05) is 11.8 Å². The van der Waals surface area contributed by atoms with Gasteiger partial charge in [-0.05, 0) is 6.92 Å². The molecule has 1 heterocycles. The molecule has 0 atom stereocenters. The van der Waals surface area contributed by atoms with Crippen molar-refractivity contribution >= 4 is 46.9 Å². The van der Waals surface area contributed by atoms with Crippen molar-refractivity contribution in [2.75, 3.05) is 0 Å². The number of hydrogen-bond donors (Lipinski definition) is 20. The number of aromatic nitrogens is 2. The Bertz CT molecular complexity index is 957. The molecule has 0 aliphatic heterocycles. The van der Waals surface area contributed by atoms with Crippen LogP contribution in [0.1, 0.15) is 5.56 Å². The third-order valence-corrected chi connectivity index (χ3v) is 1.00. The first-order chi connectivity index (χ1) is 16.2. The molecule has 28 nitrogen and oxygen atoms in total. The van der Waals surface area contributed by atoms with Crippen LogP contribution in [0.3, 0.4) is 0 Å². The van der Waals surface area contributed by atoms with Gasteiger partial charge in [0.1, 0.15) is 0 Å². The second-order valence-corrected chi connectivity index (χ2v) is 11.0. The van der Waals surface area contributed by atoms with Crippen molar-refractivity contribution in [3.05, 3.63) is 32.6 Å². The zero-order chi connectivity index (χ0) is 33.9. The minimum absolute atomic E-state index is 0.334. The average Bonchev–Trinajstić information content (AvgIpc) is 2.40. The SMILES string of the molecule is Cc1c[nH]c(=O)[nH]c1=O.O=P(O)(O)O.O=P(O)(O)O.O=P(O)(O)O.O=P(O)(O)O.O=P(O)(O)O.O=P(O)(O)O. The van der Waals surface area contributed by atoms with E-state index in [1.807, 2.05) is 0 Å². The maximum Gasteiger partial charge on any atom is 0.466 e. The Morgan fingerprint density at radius 3 is 0.718 bits per heavy atom. The van der Waals surface area contributed by atoms with Crippen LogP contribution in [0, 0.1) is 6.92 Å². The second kappa shape index (κ2) is 22.0. The Morgan fingerprint density at radius 1 is 0.462 bits per heavy atom. The van der Waals surface area contributed by atoms with Crippen LogP contribution in [0.15, 0.2) is 15.8 Å². The van der Waals surface area contributed by atoms with Gasteiger partial charge in [-0.15, -0.1) is 0 Å². The summed E-state index contributed by atoms with van der Waals surface area (Å²) in [7, 11) is -27.8. The van der Waals surface area contributed by atoms with E-state index in [1.54, 1.807) is 6.92 Å². The quantitative estimate of drug-likeness (QED) is 0.111. The standard InChI is InChI=1S/C5H6N2O2.6H3O4P/c1-3-2-6-5(9)7-4(3)8;6*1-5(2,3)4/h2H,1H3,(H2,6,7,8,9);6*(H3,1,2,3,4). The Labute approximate surface area is 212 Å². The number of rotatable bonds is 0. The van der Waals surface area contributed by atoms with E-state index in [0.29, 0.717) is 5.56 Å². The predicted molar refractivity (Wildman–Crippen MR) is 118 cm³/mol. The summed E-state index contributed by atoms with van der Waals surface area (Å²) in [6.07, 6.45) is 1.38. The topological polar surface area (TPSA) is 532 Å². The number of hydrogen-bond acceptors (Lipinski definition) is 8. The van der Waals surface area contributed by atoms with Crippen LogP contribution in [0.2, 0.25) is 0 Å². The highest BCUT2D eigenvalue weighted by atomic mass is 31.2. The van der Waals surface area contributed by atoms with Gasteiger partial charge >= 0.3 is 52.6 Å². The maximum absolute atomic E-state index is 10.6. The van der Waals surface area contributed by atoms with E-state index in [1.165, 1.54) is 6.20 Å². The molecule has 0 spiro atoms. The van der Waals surface area contributed by atoms with Crippen LogP contribution in [0.5, 0.6) is 0 Å². The van der Waals surface area contributed by atoms with E-state index in [9.17, 15) is 9.59 Å². The molecule has 0 fully saturated rings. The van der Waals surface area contributed by atoms with Crippen LogP contribution in [0.25, 0.3) is 0 Å². The Kier molecular flexibility index (Phi) is 28.8. The van der Waals surface area contributed by atoms with Gasteiger partial charge in [0.25, 0.3) is 5.56 Å². The molecule has 0 unspecified atom stereocenters. The molecule has 1 rings (SSSR count). The van der Waals surface area contributed by atoms with Crippen molar-refractivity contribution in [3.8, 4) is 0 Å². The van der Waals surface area contributed by atoms with Crippen LogP contribution in [0.4, 0.5) is 0 Å². The van der Waals surface area contributed by atoms with Gasteiger partial charge < -0.3 is 93.1 Å². The lowest BCUT2D eigenvalue weighted by molar-refractivity contribution is 0.272. The lowest BCUT2D eigenvalue weighted by atomic mass is 10.4. The molecule has 0 aromatic carbocycles. The number of aromatic amines is 2. The summed E-state index contributed by atoms with van der Waals surface area (Å²) in [6.45, 7) is 1.62. The summed E-state index contributed by atoms with van der Waals surface area (Å²) < 4.78 is 53.3. The van der Waals surface area contributed by atoms with E-state index in [2.05, 4.69) is 9.97 Å². The van der Waals surface area contributed by atoms with Gasteiger partial charge in [0.05, 0.1) is 0 Å². The lowest BCUT2D eigenvalue weighted by Crippen LogP contribution is -2.22. The number of aryl methyl sites for hydroxylation is 1. The molecule has 20 N–H and O–H groups in total. The first kappa shape index (κ1) is 51.1. The van der Waals surface area contributed by atoms with Crippen LogP contribution < -0.4 is 11.2 Å². The van der Waals surface area contributed by atoms with Gasteiger partial charge in [0.2, 0.25) is 0 Å². The molecule has 0 saturated carbocycles. The van der Waals surface area contributed by atoms with Crippen molar-refractivity contribution < 1.29 is 115 Å². The highest BCUT2D eigenvalue weighted by Gasteiger charge is 2.02. The summed E-state index contributed by atoms with van der Waals surface area (Å²) in [5.41, 5.74) is -0.293. The van der Waals surface area contributed by atoms with E-state index in [-0.39, 0.29) is 5.56 Å². The highest BCUT2D eigenvalue weighted by Crippen LogP contribution is 2.27. The molecular formula is C5H24N2O26P6. The Morgan fingerprint density at radius 2 is 0.615 bits per heavy atom. The Balaban J connectivity index is -0.0000000830. The number of H-pyrrole nitrogens is 2. The van der Waals surface area contributed by atoms with Crippen molar-refractivity contribution in [2.45, 2.75) is 6.92 Å². The van der Waals surface area contributed by atoms with Crippen LogP contribution in [-0.4, -0.2) is 98.0 Å². The maximum atomic E-state index is 10.6. The normalized spacial score (nSPS) is 11.3. The monoisotopic (exact) mass is 714 g/mol. The third kappa shape index (κ3) is 306. The fourth-order valence-corrected chi connectivity index (χ4v) is 0.477. The minimum Gasteiger partial charge on any atom is -0.314 e. The third-order valence-electron chi connectivity index (χ3n) is 1.00. The van der Waals surface area contributed by atoms with Crippen molar-refractivity contribution in [1.82, 2.24) is 9.97 Å². The van der Waals surface area contributed by atoms with E-state index in [4.69, 9.17) is 115 Å². The van der Waals surface area contributed by atoms with Crippen molar-refractivity contribution in [1.29, 1.82) is 0 Å². The van der Waals surface area contributed by atoms with Gasteiger partial charge in [-0.3, -0.25) is 9.78 Å². The Hall–Kier alpha value is -0.660. The molecule has 34 heteroatoms. The fraction of sp³-hybridized carbons (Fsp3) is 0.200. The summed E-state index contributed by atoms with van der Waals surface area (Å²) in [5.74, 6) is 0. The summed E-state index contributed by atoms with van der Waals surface area (Å²) in [4.78, 5) is 155. The molecule has 39 heavy (non-hydrogen) atoms. The zero-order valence-electron chi connectivity index (χ0n) is 18.1. The molecule has 1 aromatic rings. The molecular weight excluding hydrogens is 690 g/mol. The first-order valence-electron chi connectivity index (χ1n) is 7.18. The molecule has 1 aromatic heterocycles. The van der Waals surface area contributed by atoms with Crippen LogP contribution >= 0.6 is 46.9 Å². The zero-order valence-corrected chi connectivity index (χ0v) is 23.4. The van der Waals surface area contributed by atoms with Crippen molar-refractivity contribution in [2.24, 2.45) is 0 Å². The second-order valence-electron chi connectivity index (χ2n) is 4.83. The molecule has 0 amide bonds. The summed E-state index contributed by atoms with van der Waals surface area (Å²) in [6, 6.07) is 0. The van der Waals surface area contributed by atoms with Crippen molar-refractivity contribution in [3.63, 3.8) is 0 Å². The van der Waals surface area contributed by atoms with E-state index in [0.717, 1.165) is 0 Å². The van der Waals surface area contributed by atoms with E-state index < -0.39 is 52.6 Å². The van der Waals surface area contributed by atoms with Gasteiger partial charge in [-0.25, -0.2) is 32.2 Å². The number of phosphoric acid groups is 6. The molecule has 0 bridgehead atoms. The van der Waals surface area contributed by atoms with Gasteiger partial charge in [-0.1, -0.05) is 0 Å². The number of nitrogens with one attached hydrogen (secondary N) is 2. The lowest BCUT2D eigenvalue weighted by Gasteiger charge is -1.84. The largest absolute Gasteiger partial charge is 0.466 e. The summed E-state index contributed by atoms with van der Waals surface area (Å²) >= 11 is 0. The minimum atomic E-state index is -4.64. The molecule has 0 aliphatic carbocycles. The first-order valence-corrected chi connectivity index (χ1v) is 16.6. The highest BCUT2D eigenvalue weighted by molar-refractivity contribution is 7.46. The molecule has 0 radical (unpaired) electrons. The summed E-state index contributed by atoms with van der Waals surface area (Å²) in [5, 5.41) is 0. The molecule has 0 saturated heterocycles. The van der Waals surface area contributed by atoms with E-state index >= 15 is 0 Å². The molecule has 240 valence electrons. The van der Waals surface area contributed by atoms with Crippen LogP contribution in [-0.2, 0) is 27.4 Å². The molecule has 0 aliphatic rings. The smallest absolute Gasteiger partial charge is 0.314 e. The average molecular weight is 714 g/mol. The fourth-order valence-electron chi connectivity index (χ4n) is 0.477.